The van der Waals surface area contributed by atoms with Gasteiger partial charge in [0.2, 0.25) is 0 Å². The predicted molar refractivity (Wildman–Crippen MR) is 218 cm³/mol. The molecule has 0 radical (unpaired) electrons. The number of nitrogens with zero attached hydrogens (tertiary/aromatic N) is 5. The van der Waals surface area contributed by atoms with Crippen LogP contribution in [0.5, 0.6) is 0 Å². The summed E-state index contributed by atoms with van der Waals surface area (Å²) < 4.78 is 1.14. The molecule has 0 bridgehead atoms. The van der Waals surface area contributed by atoms with Crippen molar-refractivity contribution >= 4 is 43.2 Å². The van der Waals surface area contributed by atoms with Crippen molar-refractivity contribution in [1.82, 2.24) is 24.9 Å². The summed E-state index contributed by atoms with van der Waals surface area (Å²) >= 11 is 1.71. The molecular weight excluding hydrogens is 667 g/mol. The molecule has 0 atom stereocenters. The van der Waals surface area contributed by atoms with Crippen molar-refractivity contribution in [3.05, 3.63) is 176 Å². The Bertz CT molecular complexity index is 2880. The molecule has 0 aliphatic heterocycles. The molecule has 0 unspecified atom stereocenters. The first kappa shape index (κ1) is 30.9. The minimum absolute atomic E-state index is 0.590. The lowest BCUT2D eigenvalue weighted by atomic mass is 9.94. The molecule has 7 aromatic carbocycles. The third kappa shape index (κ3) is 5.81. The molecule has 0 saturated heterocycles. The predicted octanol–water partition coefficient (Wildman–Crippen LogP) is 12.2. The van der Waals surface area contributed by atoms with Gasteiger partial charge < -0.3 is 0 Å². The van der Waals surface area contributed by atoms with Gasteiger partial charge >= 0.3 is 0 Å². The van der Waals surface area contributed by atoms with Crippen LogP contribution in [0.3, 0.4) is 0 Å². The number of rotatable bonds is 6. The standard InChI is InChI=1S/C47H29N5S/c1-4-14-30(15-5-1)44-50-45(31-16-6-2-7-17-31)52-46(51-44)36-27-34(33-24-25-42-41(29-33)49-47(53-42)32-18-8-3-9-19-32)26-35(28-36)43-39-22-11-10-20-37(39)38-21-12-13-23-40(38)48-43/h1-29H. The minimum atomic E-state index is 0.590. The van der Waals surface area contributed by atoms with E-state index in [0.29, 0.717) is 17.5 Å². The fourth-order valence-corrected chi connectivity index (χ4v) is 7.88. The fourth-order valence-electron chi connectivity index (χ4n) is 6.93. The summed E-state index contributed by atoms with van der Waals surface area (Å²) in [6, 6.07) is 60.5. The molecule has 6 heteroatoms. The highest BCUT2D eigenvalue weighted by Gasteiger charge is 2.18. The summed E-state index contributed by atoms with van der Waals surface area (Å²) in [6.07, 6.45) is 0. The number of fused-ring (bicyclic) bond motifs is 4. The van der Waals surface area contributed by atoms with Crippen LogP contribution in [0.15, 0.2) is 176 Å². The second-order valence-electron chi connectivity index (χ2n) is 12.9. The smallest absolute Gasteiger partial charge is 0.164 e. The molecule has 0 fully saturated rings. The van der Waals surface area contributed by atoms with Crippen molar-refractivity contribution in [3.63, 3.8) is 0 Å². The topological polar surface area (TPSA) is 64.5 Å². The Balaban J connectivity index is 1.22. The van der Waals surface area contributed by atoms with E-state index in [9.17, 15) is 0 Å². The SMILES string of the molecule is c1ccc(-c2nc(-c3ccccc3)nc(-c3cc(-c4ccc5sc(-c6ccccc6)nc5c4)cc(-c4nc5ccccc5c5ccccc45)c3)n2)cc1. The highest BCUT2D eigenvalue weighted by atomic mass is 32.1. The van der Waals surface area contributed by atoms with Crippen LogP contribution in [0.25, 0.3) is 99.0 Å². The van der Waals surface area contributed by atoms with Crippen molar-refractivity contribution in [2.45, 2.75) is 0 Å². The summed E-state index contributed by atoms with van der Waals surface area (Å²) in [6.45, 7) is 0. The van der Waals surface area contributed by atoms with Crippen LogP contribution in [0.4, 0.5) is 0 Å². The number of para-hydroxylation sites is 1. The van der Waals surface area contributed by atoms with Gasteiger partial charge in [-0.2, -0.15) is 0 Å². The van der Waals surface area contributed by atoms with Crippen molar-refractivity contribution in [2.75, 3.05) is 0 Å². The zero-order valence-electron chi connectivity index (χ0n) is 28.4. The van der Waals surface area contributed by atoms with Crippen molar-refractivity contribution < 1.29 is 0 Å². The number of hydrogen-bond acceptors (Lipinski definition) is 6. The second kappa shape index (κ2) is 13.0. The Morgan fingerprint density at radius 1 is 0.302 bits per heavy atom. The molecule has 0 aliphatic rings. The van der Waals surface area contributed by atoms with Crippen LogP contribution in [0.2, 0.25) is 0 Å². The van der Waals surface area contributed by atoms with Crippen molar-refractivity contribution in [1.29, 1.82) is 0 Å². The molecule has 0 saturated carbocycles. The van der Waals surface area contributed by atoms with Gasteiger partial charge in [0, 0.05) is 38.6 Å². The monoisotopic (exact) mass is 695 g/mol. The average molecular weight is 696 g/mol. The van der Waals surface area contributed by atoms with Crippen LogP contribution in [-0.2, 0) is 0 Å². The van der Waals surface area contributed by atoms with Crippen LogP contribution in [0.1, 0.15) is 0 Å². The number of hydrogen-bond donors (Lipinski definition) is 0. The van der Waals surface area contributed by atoms with E-state index in [-0.39, 0.29) is 0 Å². The Kier molecular flexibility index (Phi) is 7.59. The Hall–Kier alpha value is -6.89. The van der Waals surface area contributed by atoms with Crippen LogP contribution in [0, 0.1) is 0 Å². The maximum absolute atomic E-state index is 5.30. The van der Waals surface area contributed by atoms with Crippen LogP contribution >= 0.6 is 11.3 Å². The van der Waals surface area contributed by atoms with Crippen molar-refractivity contribution in [3.8, 4) is 67.1 Å². The van der Waals surface area contributed by atoms with E-state index in [1.54, 1.807) is 11.3 Å². The van der Waals surface area contributed by atoms with Gasteiger partial charge in [-0.25, -0.2) is 24.9 Å². The summed E-state index contributed by atoms with van der Waals surface area (Å²) in [5.74, 6) is 1.83. The molecular formula is C47H29N5S. The average Bonchev–Trinajstić information content (AvgIpc) is 3.68. The first-order chi connectivity index (χ1) is 26.2. The van der Waals surface area contributed by atoms with Gasteiger partial charge in [-0.05, 0) is 52.9 Å². The van der Waals surface area contributed by atoms with Crippen LogP contribution < -0.4 is 0 Å². The highest BCUT2D eigenvalue weighted by Crippen LogP contribution is 2.39. The highest BCUT2D eigenvalue weighted by molar-refractivity contribution is 7.21. The third-order valence-corrected chi connectivity index (χ3v) is 10.6. The summed E-state index contributed by atoms with van der Waals surface area (Å²) in [5.41, 5.74) is 9.71. The molecule has 10 aromatic rings. The van der Waals surface area contributed by atoms with Gasteiger partial charge in [-0.3, -0.25) is 0 Å². The van der Waals surface area contributed by atoms with E-state index in [1.165, 1.54) is 0 Å². The molecule has 248 valence electrons. The fraction of sp³-hybridized carbons (Fsp3) is 0. The molecule has 3 heterocycles. The second-order valence-corrected chi connectivity index (χ2v) is 14.0. The molecule has 0 spiro atoms. The molecule has 0 aliphatic carbocycles. The quantitative estimate of drug-likeness (QED) is 0.162. The number of thiazole rings is 1. The zero-order valence-corrected chi connectivity index (χ0v) is 29.2. The molecule has 10 rings (SSSR count). The lowest BCUT2D eigenvalue weighted by Gasteiger charge is -2.14. The Morgan fingerprint density at radius 2 is 0.830 bits per heavy atom. The van der Waals surface area contributed by atoms with Gasteiger partial charge in [0.15, 0.2) is 17.5 Å². The minimum Gasteiger partial charge on any atom is -0.247 e. The summed E-state index contributed by atoms with van der Waals surface area (Å²) in [7, 11) is 0. The molecule has 0 N–H and O–H groups in total. The first-order valence-electron chi connectivity index (χ1n) is 17.5. The maximum atomic E-state index is 5.30. The normalized spacial score (nSPS) is 11.4. The molecule has 53 heavy (non-hydrogen) atoms. The van der Waals surface area contributed by atoms with E-state index >= 15 is 0 Å². The van der Waals surface area contributed by atoms with Gasteiger partial charge in [0.25, 0.3) is 0 Å². The Morgan fingerprint density at radius 3 is 1.51 bits per heavy atom. The largest absolute Gasteiger partial charge is 0.247 e. The third-order valence-electron chi connectivity index (χ3n) is 9.51. The lowest BCUT2D eigenvalue weighted by molar-refractivity contribution is 1.07. The number of pyridine rings is 1. The van der Waals surface area contributed by atoms with Crippen molar-refractivity contribution in [2.24, 2.45) is 0 Å². The van der Waals surface area contributed by atoms with Crippen LogP contribution in [-0.4, -0.2) is 24.9 Å². The van der Waals surface area contributed by atoms with E-state index in [1.807, 2.05) is 72.8 Å². The van der Waals surface area contributed by atoms with E-state index in [0.717, 1.165) is 81.5 Å². The first-order valence-corrected chi connectivity index (χ1v) is 18.3. The van der Waals surface area contributed by atoms with E-state index in [2.05, 4.69) is 103 Å². The lowest BCUT2D eigenvalue weighted by Crippen LogP contribution is -2.00. The molecule has 0 amide bonds. The van der Waals surface area contributed by atoms with E-state index < -0.39 is 0 Å². The summed E-state index contributed by atoms with van der Waals surface area (Å²) in [5, 5.41) is 4.38. The van der Waals surface area contributed by atoms with Gasteiger partial charge in [-0.1, -0.05) is 140 Å². The van der Waals surface area contributed by atoms with Gasteiger partial charge in [0.05, 0.1) is 21.4 Å². The molecule has 5 nitrogen and oxygen atoms in total. The summed E-state index contributed by atoms with van der Waals surface area (Å²) in [4.78, 5) is 25.6. The molecule has 3 aromatic heterocycles. The maximum Gasteiger partial charge on any atom is 0.164 e. The number of aromatic nitrogens is 5. The van der Waals surface area contributed by atoms with Gasteiger partial charge in [-0.15, -0.1) is 11.3 Å². The van der Waals surface area contributed by atoms with E-state index in [4.69, 9.17) is 24.9 Å². The van der Waals surface area contributed by atoms with Gasteiger partial charge in [0.1, 0.15) is 5.01 Å². The zero-order chi connectivity index (χ0) is 35.1. The number of benzene rings is 7. The Labute approximate surface area is 310 Å².